The Morgan fingerprint density at radius 1 is 1.56 bits per heavy atom. The summed E-state index contributed by atoms with van der Waals surface area (Å²) in [6.07, 6.45) is 6.60. The number of hydrogen-bond acceptors (Lipinski definition) is 2. The van der Waals surface area contributed by atoms with Crippen molar-refractivity contribution in [3.63, 3.8) is 0 Å². The first-order chi connectivity index (χ1) is 7.65. The quantitative estimate of drug-likeness (QED) is 0.445. The van der Waals surface area contributed by atoms with Gasteiger partial charge in [-0.25, -0.2) is 0 Å². The highest BCUT2D eigenvalue weighted by atomic mass is 35.5. The third-order valence-corrected chi connectivity index (χ3v) is 2.36. The molecule has 0 aromatic heterocycles. The fourth-order valence-corrected chi connectivity index (χ4v) is 1.43. The van der Waals surface area contributed by atoms with Crippen molar-refractivity contribution in [3.05, 3.63) is 28.8 Å². The number of carbonyl (C=O) groups excluding carboxylic acids is 1. The molecule has 1 rings (SSSR count). The molecule has 0 saturated heterocycles. The van der Waals surface area contributed by atoms with Crippen LogP contribution in [0.4, 0.5) is 0 Å². The SMILES string of the molecule is C#CCCCOc1ccc(C(C)=O)cc1Cl. The molecule has 2 nitrogen and oxygen atoms in total. The van der Waals surface area contributed by atoms with Gasteiger partial charge in [-0.3, -0.25) is 4.79 Å². The van der Waals surface area contributed by atoms with Crippen LogP contribution in [0.2, 0.25) is 5.02 Å². The summed E-state index contributed by atoms with van der Waals surface area (Å²) in [5, 5.41) is 0.452. The first-order valence-electron chi connectivity index (χ1n) is 5.02. The molecule has 1 aromatic carbocycles. The van der Waals surface area contributed by atoms with Gasteiger partial charge in [0.15, 0.2) is 5.78 Å². The van der Waals surface area contributed by atoms with Crippen LogP contribution in [-0.4, -0.2) is 12.4 Å². The Morgan fingerprint density at radius 2 is 2.31 bits per heavy atom. The Kier molecular flexibility index (Phi) is 4.88. The molecule has 0 aliphatic rings. The van der Waals surface area contributed by atoms with Crippen LogP contribution >= 0.6 is 11.6 Å². The number of benzene rings is 1. The van der Waals surface area contributed by atoms with Crippen molar-refractivity contribution in [2.24, 2.45) is 0 Å². The molecule has 0 aliphatic heterocycles. The van der Waals surface area contributed by atoms with Crippen molar-refractivity contribution in [1.29, 1.82) is 0 Å². The molecule has 0 unspecified atom stereocenters. The summed E-state index contributed by atoms with van der Waals surface area (Å²) in [7, 11) is 0. The first kappa shape index (κ1) is 12.6. The van der Waals surface area contributed by atoms with E-state index in [-0.39, 0.29) is 5.78 Å². The highest BCUT2D eigenvalue weighted by molar-refractivity contribution is 6.32. The predicted molar refractivity (Wildman–Crippen MR) is 65.0 cm³/mol. The molecule has 0 amide bonds. The summed E-state index contributed by atoms with van der Waals surface area (Å²) < 4.78 is 5.43. The van der Waals surface area contributed by atoms with E-state index in [4.69, 9.17) is 22.8 Å². The summed E-state index contributed by atoms with van der Waals surface area (Å²) in [6, 6.07) is 5.01. The maximum atomic E-state index is 11.1. The van der Waals surface area contributed by atoms with Gasteiger partial charge in [-0.15, -0.1) is 12.3 Å². The molecule has 0 aliphatic carbocycles. The number of Topliss-reactive ketones (excluding diaryl/α,β-unsaturated/α-hetero) is 1. The van der Waals surface area contributed by atoms with E-state index < -0.39 is 0 Å². The lowest BCUT2D eigenvalue weighted by Crippen LogP contribution is -1.98. The summed E-state index contributed by atoms with van der Waals surface area (Å²) in [5.74, 6) is 3.11. The highest BCUT2D eigenvalue weighted by Crippen LogP contribution is 2.25. The van der Waals surface area contributed by atoms with Crippen molar-refractivity contribution >= 4 is 17.4 Å². The number of ether oxygens (including phenoxy) is 1. The zero-order valence-corrected chi connectivity index (χ0v) is 9.88. The van der Waals surface area contributed by atoms with E-state index in [1.165, 1.54) is 6.92 Å². The normalized spacial score (nSPS) is 9.56. The van der Waals surface area contributed by atoms with Gasteiger partial charge in [0.25, 0.3) is 0 Å². The number of terminal acetylenes is 1. The number of carbonyl (C=O) groups is 1. The largest absolute Gasteiger partial charge is 0.492 e. The maximum Gasteiger partial charge on any atom is 0.159 e. The van der Waals surface area contributed by atoms with Crippen LogP contribution in [0.25, 0.3) is 0 Å². The van der Waals surface area contributed by atoms with Gasteiger partial charge in [-0.05, 0) is 31.5 Å². The molecule has 0 heterocycles. The second-order valence-corrected chi connectivity index (χ2v) is 3.76. The van der Waals surface area contributed by atoms with Gasteiger partial charge < -0.3 is 4.74 Å². The second-order valence-electron chi connectivity index (χ2n) is 3.36. The lowest BCUT2D eigenvalue weighted by Gasteiger charge is -2.07. The Balaban J connectivity index is 2.62. The summed E-state index contributed by atoms with van der Waals surface area (Å²) >= 11 is 5.97. The van der Waals surface area contributed by atoms with Crippen LogP contribution in [-0.2, 0) is 0 Å². The van der Waals surface area contributed by atoms with Gasteiger partial charge in [0.2, 0.25) is 0 Å². The molecule has 0 saturated carbocycles. The molecule has 1 aromatic rings. The van der Waals surface area contributed by atoms with Crippen LogP contribution in [0, 0.1) is 12.3 Å². The Labute approximate surface area is 101 Å². The van der Waals surface area contributed by atoms with E-state index in [0.717, 1.165) is 6.42 Å². The lowest BCUT2D eigenvalue weighted by molar-refractivity contribution is 0.101. The number of ketones is 1. The molecule has 16 heavy (non-hydrogen) atoms. The van der Waals surface area contributed by atoms with Gasteiger partial charge in [-0.2, -0.15) is 0 Å². The van der Waals surface area contributed by atoms with Crippen molar-refractivity contribution in [1.82, 2.24) is 0 Å². The van der Waals surface area contributed by atoms with E-state index in [2.05, 4.69) is 5.92 Å². The van der Waals surface area contributed by atoms with Gasteiger partial charge in [-0.1, -0.05) is 11.6 Å². The molecule has 0 radical (unpaired) electrons. The lowest BCUT2D eigenvalue weighted by atomic mass is 10.1. The zero-order chi connectivity index (χ0) is 12.0. The fraction of sp³-hybridized carbons (Fsp3) is 0.308. The van der Waals surface area contributed by atoms with Crippen molar-refractivity contribution < 1.29 is 9.53 Å². The van der Waals surface area contributed by atoms with Crippen molar-refractivity contribution in [3.8, 4) is 18.1 Å². The Hall–Kier alpha value is -1.46. The smallest absolute Gasteiger partial charge is 0.159 e. The van der Waals surface area contributed by atoms with E-state index >= 15 is 0 Å². The van der Waals surface area contributed by atoms with Crippen molar-refractivity contribution in [2.75, 3.05) is 6.61 Å². The minimum atomic E-state index is -0.0132. The van der Waals surface area contributed by atoms with E-state index in [9.17, 15) is 4.79 Å². The molecule has 0 N–H and O–H groups in total. The molecule has 0 fully saturated rings. The molecule has 84 valence electrons. The predicted octanol–water partition coefficient (Wildman–Crippen LogP) is 3.33. The molecule has 3 heteroatoms. The summed E-state index contributed by atoms with van der Waals surface area (Å²) in [6.45, 7) is 2.03. The summed E-state index contributed by atoms with van der Waals surface area (Å²) in [4.78, 5) is 11.1. The van der Waals surface area contributed by atoms with Crippen LogP contribution in [0.15, 0.2) is 18.2 Å². The minimum Gasteiger partial charge on any atom is -0.492 e. The third-order valence-electron chi connectivity index (χ3n) is 2.06. The van der Waals surface area contributed by atoms with Crippen LogP contribution < -0.4 is 4.74 Å². The number of hydrogen-bond donors (Lipinski definition) is 0. The Morgan fingerprint density at radius 3 is 2.88 bits per heavy atom. The zero-order valence-electron chi connectivity index (χ0n) is 9.13. The molecular formula is C13H13ClO2. The van der Waals surface area contributed by atoms with E-state index in [1.54, 1.807) is 18.2 Å². The summed E-state index contributed by atoms with van der Waals surface area (Å²) in [5.41, 5.74) is 0.584. The van der Waals surface area contributed by atoms with Gasteiger partial charge >= 0.3 is 0 Å². The van der Waals surface area contributed by atoms with Crippen LogP contribution in [0.1, 0.15) is 30.1 Å². The highest BCUT2D eigenvalue weighted by Gasteiger charge is 2.05. The first-order valence-corrected chi connectivity index (χ1v) is 5.39. The Bertz CT molecular complexity index is 418. The average Bonchev–Trinajstić information content (AvgIpc) is 2.26. The minimum absolute atomic E-state index is 0.0132. The number of unbranched alkanes of at least 4 members (excludes halogenated alkanes) is 1. The maximum absolute atomic E-state index is 11.1. The molecule has 0 spiro atoms. The van der Waals surface area contributed by atoms with E-state index in [1.807, 2.05) is 0 Å². The van der Waals surface area contributed by atoms with Gasteiger partial charge in [0, 0.05) is 12.0 Å². The van der Waals surface area contributed by atoms with E-state index in [0.29, 0.717) is 29.4 Å². The number of rotatable bonds is 5. The van der Waals surface area contributed by atoms with Crippen LogP contribution in [0.5, 0.6) is 5.75 Å². The fourth-order valence-electron chi connectivity index (χ4n) is 1.19. The second kappa shape index (κ2) is 6.19. The number of halogens is 1. The molecule has 0 bridgehead atoms. The third kappa shape index (κ3) is 3.60. The standard InChI is InChI=1S/C13H13ClO2/c1-3-4-5-8-16-13-7-6-11(10(2)15)9-12(13)14/h1,6-7,9H,4-5,8H2,2H3. The molecule has 0 atom stereocenters. The molecular weight excluding hydrogens is 224 g/mol. The average molecular weight is 237 g/mol. The monoisotopic (exact) mass is 236 g/mol. The topological polar surface area (TPSA) is 26.3 Å². The van der Waals surface area contributed by atoms with Gasteiger partial charge in [0.05, 0.1) is 11.6 Å². The van der Waals surface area contributed by atoms with Gasteiger partial charge in [0.1, 0.15) is 5.75 Å². The van der Waals surface area contributed by atoms with Crippen LogP contribution in [0.3, 0.4) is 0 Å². The van der Waals surface area contributed by atoms with Crippen molar-refractivity contribution in [2.45, 2.75) is 19.8 Å².